The summed E-state index contributed by atoms with van der Waals surface area (Å²) in [5, 5.41) is 0.606. The van der Waals surface area contributed by atoms with Gasteiger partial charge in [-0.2, -0.15) is 0 Å². The van der Waals surface area contributed by atoms with E-state index in [1.54, 1.807) is 24.3 Å². The van der Waals surface area contributed by atoms with Crippen LogP contribution in [0.5, 0.6) is 5.75 Å². The highest BCUT2D eigenvalue weighted by Crippen LogP contribution is 2.16. The second-order valence-electron chi connectivity index (χ2n) is 7.54. The van der Waals surface area contributed by atoms with E-state index >= 15 is 0 Å². The van der Waals surface area contributed by atoms with Crippen molar-refractivity contribution in [2.24, 2.45) is 0 Å². The number of unbranched alkanes of at least 4 members (excludes halogenated alkanes) is 10. The first-order valence-electron chi connectivity index (χ1n) is 11.2. The Morgan fingerprint density at radius 2 is 1.24 bits per heavy atom. The fraction of sp³-hybridized carbons (Fsp3) is 0.667. The molecular formula is C24H37ClO4. The van der Waals surface area contributed by atoms with Gasteiger partial charge in [-0.25, -0.2) is 0 Å². The van der Waals surface area contributed by atoms with Crippen LogP contribution in [-0.2, 0) is 14.3 Å². The zero-order chi connectivity index (χ0) is 21.2. The first-order chi connectivity index (χ1) is 14.1. The van der Waals surface area contributed by atoms with E-state index in [0.29, 0.717) is 36.6 Å². The van der Waals surface area contributed by atoms with Gasteiger partial charge < -0.3 is 9.47 Å². The number of ether oxygens (including phenoxy) is 2. The van der Waals surface area contributed by atoms with Gasteiger partial charge in [-0.1, -0.05) is 76.3 Å². The Bertz CT molecular complexity index is 557. The molecule has 0 bridgehead atoms. The summed E-state index contributed by atoms with van der Waals surface area (Å²) in [6.45, 7) is 2.77. The minimum Gasteiger partial charge on any atom is -0.466 e. The molecule has 0 N–H and O–H groups in total. The third-order valence-electron chi connectivity index (χ3n) is 4.82. The minimum atomic E-state index is -0.264. The molecule has 5 heteroatoms. The molecule has 0 saturated heterocycles. The number of halogens is 1. The van der Waals surface area contributed by atoms with E-state index in [0.717, 1.165) is 25.7 Å². The normalized spacial score (nSPS) is 10.7. The van der Waals surface area contributed by atoms with Crippen LogP contribution in [0, 0.1) is 0 Å². The first-order valence-corrected chi connectivity index (χ1v) is 11.6. The molecule has 0 aliphatic carbocycles. The van der Waals surface area contributed by atoms with Crippen molar-refractivity contribution in [2.75, 3.05) is 6.61 Å². The minimum absolute atomic E-state index is 0.131. The topological polar surface area (TPSA) is 52.6 Å². The number of esters is 2. The van der Waals surface area contributed by atoms with E-state index in [1.807, 2.05) is 0 Å². The lowest BCUT2D eigenvalue weighted by atomic mass is 10.1. The highest BCUT2D eigenvalue weighted by atomic mass is 35.5. The molecule has 0 aliphatic rings. The second kappa shape index (κ2) is 17.3. The van der Waals surface area contributed by atoms with Crippen LogP contribution in [0.4, 0.5) is 0 Å². The molecule has 0 heterocycles. The van der Waals surface area contributed by atoms with E-state index in [-0.39, 0.29) is 11.9 Å². The molecule has 164 valence electrons. The summed E-state index contributed by atoms with van der Waals surface area (Å²) in [5.74, 6) is 0.105. The number of hydrogen-bond acceptors (Lipinski definition) is 4. The molecule has 0 spiro atoms. The average Bonchev–Trinajstić information content (AvgIpc) is 2.71. The summed E-state index contributed by atoms with van der Waals surface area (Å²) in [7, 11) is 0. The van der Waals surface area contributed by atoms with Crippen molar-refractivity contribution in [1.82, 2.24) is 0 Å². The SMILES string of the molecule is CCCCCCCCCCCOC(=O)CCCCCC(=O)Oc1ccc(Cl)cc1. The molecule has 1 rings (SSSR count). The second-order valence-corrected chi connectivity index (χ2v) is 7.97. The smallest absolute Gasteiger partial charge is 0.311 e. The fourth-order valence-electron chi connectivity index (χ4n) is 3.07. The highest BCUT2D eigenvalue weighted by molar-refractivity contribution is 6.30. The van der Waals surface area contributed by atoms with Crippen LogP contribution in [0.2, 0.25) is 5.02 Å². The van der Waals surface area contributed by atoms with Crippen molar-refractivity contribution in [3.63, 3.8) is 0 Å². The summed E-state index contributed by atoms with van der Waals surface area (Å²) in [4.78, 5) is 23.5. The van der Waals surface area contributed by atoms with E-state index in [1.165, 1.54) is 44.9 Å². The molecule has 0 amide bonds. The summed E-state index contributed by atoms with van der Waals surface area (Å²) in [5.41, 5.74) is 0. The van der Waals surface area contributed by atoms with Crippen molar-refractivity contribution in [1.29, 1.82) is 0 Å². The quantitative estimate of drug-likeness (QED) is 0.150. The Balaban J connectivity index is 1.88. The third-order valence-corrected chi connectivity index (χ3v) is 5.07. The number of benzene rings is 1. The zero-order valence-electron chi connectivity index (χ0n) is 17.9. The lowest BCUT2D eigenvalue weighted by Crippen LogP contribution is -2.08. The fourth-order valence-corrected chi connectivity index (χ4v) is 3.20. The summed E-state index contributed by atoms with van der Waals surface area (Å²) in [6.07, 6.45) is 14.3. The van der Waals surface area contributed by atoms with Gasteiger partial charge in [0.2, 0.25) is 0 Å². The van der Waals surface area contributed by atoms with Crippen LogP contribution in [0.3, 0.4) is 0 Å². The lowest BCUT2D eigenvalue weighted by Gasteiger charge is -2.06. The lowest BCUT2D eigenvalue weighted by molar-refractivity contribution is -0.143. The van der Waals surface area contributed by atoms with E-state index in [4.69, 9.17) is 21.1 Å². The molecule has 0 radical (unpaired) electrons. The van der Waals surface area contributed by atoms with Crippen LogP contribution in [-0.4, -0.2) is 18.5 Å². The van der Waals surface area contributed by atoms with Crippen LogP contribution >= 0.6 is 11.6 Å². The van der Waals surface area contributed by atoms with Crippen LogP contribution in [0.15, 0.2) is 24.3 Å². The molecule has 0 atom stereocenters. The van der Waals surface area contributed by atoms with Gasteiger partial charge >= 0.3 is 11.9 Å². The average molecular weight is 425 g/mol. The van der Waals surface area contributed by atoms with Gasteiger partial charge in [-0.05, 0) is 43.5 Å². The number of rotatable bonds is 17. The monoisotopic (exact) mass is 424 g/mol. The molecule has 1 aromatic carbocycles. The van der Waals surface area contributed by atoms with Gasteiger partial charge in [-0.3, -0.25) is 9.59 Å². The van der Waals surface area contributed by atoms with Gasteiger partial charge in [0.15, 0.2) is 0 Å². The molecule has 0 fully saturated rings. The molecule has 0 saturated carbocycles. The van der Waals surface area contributed by atoms with Gasteiger partial charge in [0.25, 0.3) is 0 Å². The maximum atomic E-state index is 11.8. The van der Waals surface area contributed by atoms with Crippen molar-refractivity contribution < 1.29 is 19.1 Å². The Morgan fingerprint density at radius 1 is 0.724 bits per heavy atom. The molecule has 29 heavy (non-hydrogen) atoms. The predicted molar refractivity (Wildman–Crippen MR) is 118 cm³/mol. The maximum Gasteiger partial charge on any atom is 0.311 e. The molecular weight excluding hydrogens is 388 g/mol. The Hall–Kier alpha value is -1.55. The van der Waals surface area contributed by atoms with Gasteiger partial charge in [0, 0.05) is 17.9 Å². The van der Waals surface area contributed by atoms with Gasteiger partial charge in [0.05, 0.1) is 6.61 Å². The molecule has 0 aliphatic heterocycles. The van der Waals surface area contributed by atoms with Gasteiger partial charge in [0.1, 0.15) is 5.75 Å². The number of carbonyl (C=O) groups is 2. The molecule has 1 aromatic rings. The standard InChI is InChI=1S/C24H37ClO4/c1-2-3-4-5-6-7-8-9-13-20-28-23(26)14-11-10-12-15-24(27)29-22-18-16-21(25)17-19-22/h16-19H,2-15,20H2,1H3. The van der Waals surface area contributed by atoms with Crippen LogP contribution in [0.1, 0.15) is 96.8 Å². The first kappa shape index (κ1) is 25.5. The Morgan fingerprint density at radius 3 is 1.86 bits per heavy atom. The van der Waals surface area contributed by atoms with Crippen molar-refractivity contribution in [3.05, 3.63) is 29.3 Å². The largest absolute Gasteiger partial charge is 0.466 e. The predicted octanol–water partition coefficient (Wildman–Crippen LogP) is 7.27. The third kappa shape index (κ3) is 15.0. The number of carbonyl (C=O) groups excluding carboxylic acids is 2. The van der Waals surface area contributed by atoms with Crippen molar-refractivity contribution >= 4 is 23.5 Å². The summed E-state index contributed by atoms with van der Waals surface area (Å²) in [6, 6.07) is 6.71. The highest BCUT2D eigenvalue weighted by Gasteiger charge is 2.06. The molecule has 4 nitrogen and oxygen atoms in total. The van der Waals surface area contributed by atoms with Crippen LogP contribution < -0.4 is 4.74 Å². The van der Waals surface area contributed by atoms with E-state index in [9.17, 15) is 9.59 Å². The van der Waals surface area contributed by atoms with Crippen molar-refractivity contribution in [2.45, 2.75) is 96.8 Å². The maximum absolute atomic E-state index is 11.8. The Kier molecular flexibility index (Phi) is 15.2. The van der Waals surface area contributed by atoms with Crippen molar-refractivity contribution in [3.8, 4) is 5.75 Å². The Labute approximate surface area is 181 Å². The number of hydrogen-bond donors (Lipinski definition) is 0. The van der Waals surface area contributed by atoms with Gasteiger partial charge in [-0.15, -0.1) is 0 Å². The summed E-state index contributed by atoms with van der Waals surface area (Å²) >= 11 is 5.79. The molecule has 0 aromatic heterocycles. The van der Waals surface area contributed by atoms with E-state index in [2.05, 4.69) is 6.92 Å². The van der Waals surface area contributed by atoms with Crippen LogP contribution in [0.25, 0.3) is 0 Å². The zero-order valence-corrected chi connectivity index (χ0v) is 18.7. The molecule has 0 unspecified atom stereocenters. The summed E-state index contributed by atoms with van der Waals surface area (Å²) < 4.78 is 10.5. The van der Waals surface area contributed by atoms with E-state index < -0.39 is 0 Å².